The van der Waals surface area contributed by atoms with Gasteiger partial charge in [0.05, 0.1) is 6.54 Å². The second-order valence-corrected chi connectivity index (χ2v) is 7.00. The summed E-state index contributed by atoms with van der Waals surface area (Å²) in [6, 6.07) is 5.55. The van der Waals surface area contributed by atoms with E-state index >= 15 is 0 Å². The first-order chi connectivity index (χ1) is 14.6. The number of nitrogens with zero attached hydrogens (tertiary/aromatic N) is 3. The van der Waals surface area contributed by atoms with Crippen molar-refractivity contribution in [3.05, 3.63) is 48.3 Å². The van der Waals surface area contributed by atoms with Crippen molar-refractivity contribution in [3.8, 4) is 5.75 Å². The first kappa shape index (κ1) is 24.4. The van der Waals surface area contributed by atoms with Gasteiger partial charge in [-0.25, -0.2) is 14.4 Å². The lowest BCUT2D eigenvalue weighted by Crippen LogP contribution is -2.48. The number of benzene rings is 1. The van der Waals surface area contributed by atoms with E-state index in [9.17, 15) is 22.7 Å². The predicted octanol–water partition coefficient (Wildman–Crippen LogP) is 2.72. The molecule has 0 aliphatic rings. The summed E-state index contributed by atoms with van der Waals surface area (Å²) < 4.78 is 60.5. The molecule has 1 aromatic heterocycles. The van der Waals surface area contributed by atoms with Gasteiger partial charge in [0, 0.05) is 39.0 Å². The number of hydrogen-bond donors (Lipinski definition) is 3. The summed E-state index contributed by atoms with van der Waals surface area (Å²) in [6.07, 6.45) is -3.38. The van der Waals surface area contributed by atoms with E-state index < -0.39 is 24.0 Å². The van der Waals surface area contributed by atoms with Crippen LogP contribution in [0, 0.1) is 5.82 Å². The third kappa shape index (κ3) is 6.58. The van der Waals surface area contributed by atoms with E-state index in [2.05, 4.69) is 20.6 Å². The van der Waals surface area contributed by atoms with Gasteiger partial charge in [-0.2, -0.15) is 13.2 Å². The highest BCUT2D eigenvalue weighted by atomic mass is 19.4. The van der Waals surface area contributed by atoms with Crippen LogP contribution in [0.5, 0.6) is 5.75 Å². The van der Waals surface area contributed by atoms with Gasteiger partial charge in [-0.05, 0) is 38.1 Å². The molecule has 0 saturated heterocycles. The topological polar surface area (TPSA) is 83.7 Å². The number of halogens is 4. The van der Waals surface area contributed by atoms with Crippen LogP contribution in [0.4, 0.5) is 17.6 Å². The first-order valence-corrected chi connectivity index (χ1v) is 9.78. The number of nitrogens with one attached hydrogen (secondary N) is 2. The van der Waals surface area contributed by atoms with Crippen molar-refractivity contribution >= 4 is 5.96 Å². The van der Waals surface area contributed by atoms with Gasteiger partial charge in [0.25, 0.3) is 0 Å². The van der Waals surface area contributed by atoms with Gasteiger partial charge in [0.15, 0.2) is 5.96 Å². The van der Waals surface area contributed by atoms with Gasteiger partial charge in [0.2, 0.25) is 5.60 Å². The Morgan fingerprint density at radius 2 is 1.94 bits per heavy atom. The van der Waals surface area contributed by atoms with Gasteiger partial charge in [-0.15, -0.1) is 0 Å². The highest BCUT2D eigenvalue weighted by molar-refractivity contribution is 5.79. The zero-order chi connectivity index (χ0) is 23.1. The van der Waals surface area contributed by atoms with Crippen LogP contribution in [-0.2, 0) is 12.6 Å². The van der Waals surface area contributed by atoms with Gasteiger partial charge >= 0.3 is 6.18 Å². The average Bonchev–Trinajstić information content (AvgIpc) is 3.13. The van der Waals surface area contributed by atoms with E-state index in [0.717, 1.165) is 4.57 Å². The maximum atomic E-state index is 13.6. The molecule has 0 radical (unpaired) electrons. The number of alkyl halides is 3. The normalized spacial score (nSPS) is 15.3. The van der Waals surface area contributed by atoms with Gasteiger partial charge in [-0.3, -0.25) is 0 Å². The quantitative estimate of drug-likeness (QED) is 0.314. The molecule has 1 aromatic carbocycles. The predicted molar refractivity (Wildman–Crippen MR) is 108 cm³/mol. The molecule has 2 atom stereocenters. The van der Waals surface area contributed by atoms with E-state index in [-0.39, 0.29) is 31.0 Å². The van der Waals surface area contributed by atoms with Crippen LogP contribution in [0.2, 0.25) is 0 Å². The lowest BCUT2D eigenvalue weighted by atomic mass is 9.97. The molecular formula is C20H27F4N5O2. The van der Waals surface area contributed by atoms with Crippen molar-refractivity contribution in [2.45, 2.75) is 38.1 Å². The van der Waals surface area contributed by atoms with Crippen LogP contribution in [-0.4, -0.2) is 52.5 Å². The van der Waals surface area contributed by atoms with Gasteiger partial charge in [0.1, 0.15) is 23.5 Å². The zero-order valence-corrected chi connectivity index (χ0v) is 17.6. The lowest BCUT2D eigenvalue weighted by Gasteiger charge is -2.30. The number of aliphatic imine (C=N–C) groups is 1. The van der Waals surface area contributed by atoms with Crippen molar-refractivity contribution in [1.29, 1.82) is 0 Å². The second kappa shape index (κ2) is 10.5. The Morgan fingerprint density at radius 3 is 2.48 bits per heavy atom. The van der Waals surface area contributed by atoms with E-state index in [1.165, 1.54) is 43.7 Å². The van der Waals surface area contributed by atoms with Crippen molar-refractivity contribution in [2.24, 2.45) is 12.0 Å². The molecule has 31 heavy (non-hydrogen) atoms. The van der Waals surface area contributed by atoms with Crippen LogP contribution in [0.1, 0.15) is 26.1 Å². The number of aliphatic hydroxyl groups is 1. The molecule has 2 aromatic rings. The molecule has 0 aliphatic heterocycles. The second-order valence-electron chi connectivity index (χ2n) is 7.00. The Labute approximate surface area is 178 Å². The van der Waals surface area contributed by atoms with E-state index in [4.69, 9.17) is 4.74 Å². The summed E-state index contributed by atoms with van der Waals surface area (Å²) in [5.41, 5.74) is -3.10. The van der Waals surface area contributed by atoms with Crippen molar-refractivity contribution in [1.82, 2.24) is 20.2 Å². The summed E-state index contributed by atoms with van der Waals surface area (Å²) in [5, 5.41) is 16.1. The number of hydrogen-bond acceptors (Lipinski definition) is 4. The Balaban J connectivity index is 1.98. The zero-order valence-electron chi connectivity index (χ0n) is 17.6. The molecular weight excluding hydrogens is 418 g/mol. The Hall–Kier alpha value is -2.82. The fraction of sp³-hybridized carbons (Fsp3) is 0.500. The number of aryl methyl sites for hydroxylation is 1. The molecule has 11 heteroatoms. The number of imidazole rings is 1. The summed E-state index contributed by atoms with van der Waals surface area (Å²) in [4.78, 5) is 7.97. The molecule has 3 N–H and O–H groups in total. The molecule has 7 nitrogen and oxygen atoms in total. The van der Waals surface area contributed by atoms with E-state index in [1.807, 2.05) is 6.92 Å². The number of ether oxygens (including phenoxy) is 1. The maximum Gasteiger partial charge on any atom is 0.424 e. The highest BCUT2D eigenvalue weighted by Gasteiger charge is 2.57. The van der Waals surface area contributed by atoms with Gasteiger partial charge < -0.3 is 25.0 Å². The van der Waals surface area contributed by atoms with Crippen molar-refractivity contribution < 1.29 is 27.4 Å². The molecule has 0 amide bonds. The van der Waals surface area contributed by atoms with Crippen LogP contribution in [0.15, 0.2) is 41.7 Å². The fourth-order valence-corrected chi connectivity index (χ4v) is 2.85. The fourth-order valence-electron chi connectivity index (χ4n) is 2.85. The molecule has 2 unspecified atom stereocenters. The highest BCUT2D eigenvalue weighted by Crippen LogP contribution is 2.40. The largest absolute Gasteiger partial charge is 0.489 e. The number of aromatic nitrogens is 2. The molecule has 172 valence electrons. The van der Waals surface area contributed by atoms with E-state index in [0.29, 0.717) is 12.3 Å². The minimum absolute atomic E-state index is 0.204. The third-order valence-electron chi connectivity index (χ3n) is 4.44. The van der Waals surface area contributed by atoms with Crippen molar-refractivity contribution in [2.75, 3.05) is 19.6 Å². The molecule has 0 spiro atoms. The smallest absolute Gasteiger partial charge is 0.424 e. The SMILES string of the molecule is CCNC(=NCC(C)Oc1ccc(F)cc1)NCCC(O)(c1nccn1C)C(F)(F)F. The van der Waals surface area contributed by atoms with Crippen LogP contribution < -0.4 is 15.4 Å². The summed E-state index contributed by atoms with van der Waals surface area (Å²) in [6.45, 7) is 4.06. The number of guanidine groups is 1. The van der Waals surface area contributed by atoms with Crippen LogP contribution in [0.25, 0.3) is 0 Å². The summed E-state index contributed by atoms with van der Waals surface area (Å²) in [5.74, 6) is -0.0973. The molecule has 0 aliphatic carbocycles. The van der Waals surface area contributed by atoms with Crippen LogP contribution in [0.3, 0.4) is 0 Å². The van der Waals surface area contributed by atoms with E-state index in [1.54, 1.807) is 6.92 Å². The molecule has 0 saturated carbocycles. The minimum Gasteiger partial charge on any atom is -0.489 e. The molecule has 1 heterocycles. The first-order valence-electron chi connectivity index (χ1n) is 9.78. The van der Waals surface area contributed by atoms with Gasteiger partial charge in [-0.1, -0.05) is 0 Å². The summed E-state index contributed by atoms with van der Waals surface area (Å²) >= 11 is 0. The third-order valence-corrected chi connectivity index (χ3v) is 4.44. The summed E-state index contributed by atoms with van der Waals surface area (Å²) in [7, 11) is 1.39. The monoisotopic (exact) mass is 445 g/mol. The van der Waals surface area contributed by atoms with Crippen molar-refractivity contribution in [3.63, 3.8) is 0 Å². The molecule has 0 bridgehead atoms. The number of rotatable bonds is 9. The standard InChI is InChI=1S/C20H27F4N5O2/c1-4-25-18(28-13-14(2)31-16-7-5-15(21)6-8-16)27-10-9-19(30,20(22,23)24)17-26-11-12-29(17)3/h5-8,11-12,14,30H,4,9-10,13H2,1-3H3,(H2,25,27,28). The lowest BCUT2D eigenvalue weighted by molar-refractivity contribution is -0.272. The average molecular weight is 445 g/mol. The Morgan fingerprint density at radius 1 is 1.26 bits per heavy atom. The molecule has 0 fully saturated rings. The Kier molecular flexibility index (Phi) is 8.26. The maximum absolute atomic E-state index is 13.6. The minimum atomic E-state index is -4.90. The Bertz CT molecular complexity index is 854. The van der Waals surface area contributed by atoms with Crippen LogP contribution >= 0.6 is 0 Å². The molecule has 2 rings (SSSR count).